The number of aromatic nitrogens is 1. The zero-order chi connectivity index (χ0) is 17.8. The number of likely N-dealkylation sites (N-methyl/N-ethyl adjacent to an activating group) is 1. The molecule has 0 unspecified atom stereocenters. The van der Waals surface area contributed by atoms with Crippen molar-refractivity contribution in [1.82, 2.24) is 9.88 Å². The number of ether oxygens (including phenoxy) is 2. The van der Waals surface area contributed by atoms with E-state index in [0.29, 0.717) is 11.5 Å². The molecular weight excluding hydrogens is 336 g/mol. The molecule has 3 aromatic rings. The number of thiazole rings is 1. The minimum atomic E-state index is -0.119. The summed E-state index contributed by atoms with van der Waals surface area (Å²) < 4.78 is 12.0. The Balaban J connectivity index is 1.67. The van der Waals surface area contributed by atoms with Crippen LogP contribution in [0.2, 0.25) is 0 Å². The van der Waals surface area contributed by atoms with Gasteiger partial charge >= 0.3 is 0 Å². The van der Waals surface area contributed by atoms with Crippen LogP contribution in [-0.2, 0) is 4.79 Å². The summed E-state index contributed by atoms with van der Waals surface area (Å²) in [5.41, 5.74) is 0.959. The molecule has 0 radical (unpaired) electrons. The van der Waals surface area contributed by atoms with Gasteiger partial charge in [-0.1, -0.05) is 24.3 Å². The minimum absolute atomic E-state index is 0.0495. The topological polar surface area (TPSA) is 51.7 Å². The SMILES string of the molecule is COc1ccccc1OCC(=O)N(C)[C@H](C)c1nc2ccccc2s1. The normalized spacial score (nSPS) is 12.0. The number of hydrogen-bond acceptors (Lipinski definition) is 5. The van der Waals surface area contributed by atoms with Crippen LogP contribution in [0.15, 0.2) is 48.5 Å². The lowest BCUT2D eigenvalue weighted by Crippen LogP contribution is -2.33. The fourth-order valence-electron chi connectivity index (χ4n) is 2.43. The van der Waals surface area contributed by atoms with Gasteiger partial charge in [0, 0.05) is 7.05 Å². The molecule has 25 heavy (non-hydrogen) atoms. The highest BCUT2D eigenvalue weighted by Crippen LogP contribution is 2.29. The summed E-state index contributed by atoms with van der Waals surface area (Å²) in [7, 11) is 3.34. The molecule has 0 aliphatic carbocycles. The molecule has 0 aliphatic rings. The minimum Gasteiger partial charge on any atom is -0.493 e. The number of hydrogen-bond donors (Lipinski definition) is 0. The average Bonchev–Trinajstić information content (AvgIpc) is 3.09. The summed E-state index contributed by atoms with van der Waals surface area (Å²) in [5, 5.41) is 0.911. The lowest BCUT2D eigenvalue weighted by molar-refractivity contribution is -0.134. The monoisotopic (exact) mass is 356 g/mol. The van der Waals surface area contributed by atoms with Crippen molar-refractivity contribution in [3.63, 3.8) is 0 Å². The number of benzene rings is 2. The maximum absolute atomic E-state index is 12.5. The smallest absolute Gasteiger partial charge is 0.260 e. The molecule has 0 spiro atoms. The molecule has 0 saturated carbocycles. The molecular formula is C19H20N2O3S. The molecule has 130 valence electrons. The highest BCUT2D eigenvalue weighted by atomic mass is 32.1. The van der Waals surface area contributed by atoms with Gasteiger partial charge in [-0.3, -0.25) is 4.79 Å². The molecule has 0 fully saturated rings. The van der Waals surface area contributed by atoms with Crippen LogP contribution >= 0.6 is 11.3 Å². The Morgan fingerprint density at radius 1 is 1.16 bits per heavy atom. The Kier molecular flexibility index (Phi) is 5.19. The second-order valence-electron chi connectivity index (χ2n) is 5.64. The number of amides is 1. The van der Waals surface area contributed by atoms with Crippen molar-refractivity contribution in [1.29, 1.82) is 0 Å². The number of carbonyl (C=O) groups is 1. The Morgan fingerprint density at radius 2 is 1.84 bits per heavy atom. The summed E-state index contributed by atoms with van der Waals surface area (Å²) in [5.74, 6) is 1.05. The van der Waals surface area contributed by atoms with E-state index >= 15 is 0 Å². The van der Waals surface area contributed by atoms with Gasteiger partial charge in [0.1, 0.15) is 5.01 Å². The molecule has 3 rings (SSSR count). The number of nitrogens with zero attached hydrogens (tertiary/aromatic N) is 2. The Hall–Kier alpha value is -2.60. The van der Waals surface area contributed by atoms with Crippen molar-refractivity contribution >= 4 is 27.5 Å². The van der Waals surface area contributed by atoms with E-state index in [2.05, 4.69) is 4.98 Å². The highest BCUT2D eigenvalue weighted by molar-refractivity contribution is 7.18. The Morgan fingerprint density at radius 3 is 2.56 bits per heavy atom. The van der Waals surface area contributed by atoms with E-state index in [-0.39, 0.29) is 18.6 Å². The van der Waals surface area contributed by atoms with Gasteiger partial charge in [0.15, 0.2) is 18.1 Å². The first kappa shape index (κ1) is 17.2. The van der Waals surface area contributed by atoms with Crippen LogP contribution in [0, 0.1) is 0 Å². The fraction of sp³-hybridized carbons (Fsp3) is 0.263. The standard InChI is InChI=1S/C19H20N2O3S/c1-13(19-20-14-8-4-7-11-17(14)25-19)21(2)18(22)12-24-16-10-6-5-9-15(16)23-3/h4-11,13H,12H2,1-3H3/t13-/m1/s1. The molecule has 6 heteroatoms. The Labute approximate surface area is 150 Å². The quantitative estimate of drug-likeness (QED) is 0.672. The summed E-state index contributed by atoms with van der Waals surface area (Å²) in [6.45, 7) is 1.92. The molecule has 5 nitrogen and oxygen atoms in total. The molecule has 2 aromatic carbocycles. The Bertz CT molecular complexity index is 845. The van der Waals surface area contributed by atoms with Crippen LogP contribution in [0.3, 0.4) is 0 Å². The van der Waals surface area contributed by atoms with Crippen molar-refractivity contribution in [3.8, 4) is 11.5 Å². The van der Waals surface area contributed by atoms with E-state index in [1.807, 2.05) is 43.3 Å². The molecule has 0 N–H and O–H groups in total. The predicted molar refractivity (Wildman–Crippen MR) is 99.3 cm³/mol. The first-order chi connectivity index (χ1) is 12.1. The maximum Gasteiger partial charge on any atom is 0.260 e. The van der Waals surface area contributed by atoms with Gasteiger partial charge in [-0.15, -0.1) is 11.3 Å². The summed E-state index contributed by atoms with van der Waals surface area (Å²) in [4.78, 5) is 18.8. The van der Waals surface area contributed by atoms with Gasteiger partial charge in [0.05, 0.1) is 23.4 Å². The van der Waals surface area contributed by atoms with E-state index in [0.717, 1.165) is 15.2 Å². The largest absolute Gasteiger partial charge is 0.493 e. The maximum atomic E-state index is 12.5. The van der Waals surface area contributed by atoms with Crippen molar-refractivity contribution in [2.45, 2.75) is 13.0 Å². The number of carbonyl (C=O) groups excluding carboxylic acids is 1. The van der Waals surface area contributed by atoms with E-state index < -0.39 is 0 Å². The van der Waals surface area contributed by atoms with Crippen molar-refractivity contribution in [2.24, 2.45) is 0 Å². The van der Waals surface area contributed by atoms with Gasteiger partial charge in [0.25, 0.3) is 5.91 Å². The van der Waals surface area contributed by atoms with Gasteiger partial charge in [-0.25, -0.2) is 4.98 Å². The van der Waals surface area contributed by atoms with Gasteiger partial charge in [-0.05, 0) is 31.2 Å². The van der Waals surface area contributed by atoms with Crippen LogP contribution in [0.4, 0.5) is 0 Å². The third-order valence-electron chi connectivity index (χ3n) is 4.06. The molecule has 1 amide bonds. The zero-order valence-electron chi connectivity index (χ0n) is 14.4. The zero-order valence-corrected chi connectivity index (χ0v) is 15.2. The number of para-hydroxylation sites is 3. The van der Waals surface area contributed by atoms with Crippen LogP contribution in [-0.4, -0.2) is 36.6 Å². The van der Waals surface area contributed by atoms with E-state index in [1.165, 1.54) is 0 Å². The second kappa shape index (κ2) is 7.53. The van der Waals surface area contributed by atoms with Crippen LogP contribution in [0.25, 0.3) is 10.2 Å². The van der Waals surface area contributed by atoms with Gasteiger partial charge in [-0.2, -0.15) is 0 Å². The number of methoxy groups -OCH3 is 1. The highest BCUT2D eigenvalue weighted by Gasteiger charge is 2.21. The van der Waals surface area contributed by atoms with Crippen molar-refractivity contribution < 1.29 is 14.3 Å². The molecule has 1 heterocycles. The van der Waals surface area contributed by atoms with Gasteiger partial charge in [0.2, 0.25) is 0 Å². The lowest BCUT2D eigenvalue weighted by atomic mass is 10.3. The van der Waals surface area contributed by atoms with E-state index in [9.17, 15) is 4.79 Å². The number of fused-ring (bicyclic) bond motifs is 1. The first-order valence-corrected chi connectivity index (χ1v) is 8.78. The van der Waals surface area contributed by atoms with E-state index in [1.54, 1.807) is 42.5 Å². The first-order valence-electron chi connectivity index (χ1n) is 7.97. The summed E-state index contributed by atoms with van der Waals surface area (Å²) in [6.07, 6.45) is 0. The molecule has 1 atom stereocenters. The van der Waals surface area contributed by atoms with Crippen molar-refractivity contribution in [3.05, 3.63) is 53.5 Å². The summed E-state index contributed by atoms with van der Waals surface area (Å²) >= 11 is 1.61. The third kappa shape index (κ3) is 3.74. The van der Waals surface area contributed by atoms with Crippen LogP contribution in [0.5, 0.6) is 11.5 Å². The molecule has 0 bridgehead atoms. The van der Waals surface area contributed by atoms with Gasteiger partial charge < -0.3 is 14.4 Å². The lowest BCUT2D eigenvalue weighted by Gasteiger charge is -2.23. The molecule has 0 saturated heterocycles. The third-order valence-corrected chi connectivity index (χ3v) is 5.27. The van der Waals surface area contributed by atoms with Crippen LogP contribution < -0.4 is 9.47 Å². The fourth-order valence-corrected chi connectivity index (χ4v) is 3.49. The average molecular weight is 356 g/mol. The van der Waals surface area contributed by atoms with E-state index in [4.69, 9.17) is 9.47 Å². The summed E-state index contributed by atoms with van der Waals surface area (Å²) in [6, 6.07) is 15.1. The van der Waals surface area contributed by atoms with Crippen LogP contribution in [0.1, 0.15) is 18.0 Å². The second-order valence-corrected chi connectivity index (χ2v) is 6.70. The van der Waals surface area contributed by atoms with Crippen molar-refractivity contribution in [2.75, 3.05) is 20.8 Å². The predicted octanol–water partition coefficient (Wildman–Crippen LogP) is 3.90. The number of rotatable bonds is 6. The molecule has 1 aromatic heterocycles. The molecule has 0 aliphatic heterocycles.